The van der Waals surface area contributed by atoms with Crippen LogP contribution in [0.4, 0.5) is 0 Å². The van der Waals surface area contributed by atoms with Crippen LogP contribution in [0.1, 0.15) is 12.8 Å². The molecule has 3 heteroatoms. The Morgan fingerprint density at radius 3 is 3.25 bits per heavy atom. The summed E-state index contributed by atoms with van der Waals surface area (Å²) in [5.74, 6) is 0.246. The van der Waals surface area contributed by atoms with Gasteiger partial charge in [-0.25, -0.2) is 0 Å². The Balaban J connectivity index is 2.14. The SMILES string of the molecule is O=C1C=C2CCC3C=C(Br)C1N23. The summed E-state index contributed by atoms with van der Waals surface area (Å²) in [5, 5.41) is 0. The molecule has 1 fully saturated rings. The smallest absolute Gasteiger partial charge is 0.184 e. The fourth-order valence-electron chi connectivity index (χ4n) is 2.37. The zero-order valence-corrected chi connectivity index (χ0v) is 8.04. The van der Waals surface area contributed by atoms with Crippen molar-refractivity contribution in [1.29, 1.82) is 0 Å². The molecular formula is C9H8BrNO. The first-order valence-corrected chi connectivity index (χ1v) is 4.96. The second-order valence-electron chi connectivity index (χ2n) is 3.51. The number of carbonyl (C=O) groups excluding carboxylic acids is 1. The molecular weight excluding hydrogens is 218 g/mol. The quantitative estimate of drug-likeness (QED) is 0.625. The molecule has 12 heavy (non-hydrogen) atoms. The maximum absolute atomic E-state index is 11.5. The molecule has 0 aliphatic carbocycles. The van der Waals surface area contributed by atoms with Crippen LogP contribution in [0.5, 0.6) is 0 Å². The van der Waals surface area contributed by atoms with Gasteiger partial charge in [0.25, 0.3) is 0 Å². The summed E-state index contributed by atoms with van der Waals surface area (Å²) >= 11 is 3.45. The summed E-state index contributed by atoms with van der Waals surface area (Å²) in [6, 6.07) is 0.495. The maximum Gasteiger partial charge on any atom is 0.184 e. The van der Waals surface area contributed by atoms with E-state index >= 15 is 0 Å². The van der Waals surface area contributed by atoms with Crippen molar-refractivity contribution in [3.8, 4) is 0 Å². The summed E-state index contributed by atoms with van der Waals surface area (Å²) in [4.78, 5) is 13.7. The highest BCUT2D eigenvalue weighted by molar-refractivity contribution is 9.11. The van der Waals surface area contributed by atoms with Crippen LogP contribution < -0.4 is 0 Å². The van der Waals surface area contributed by atoms with E-state index < -0.39 is 0 Å². The number of hydrogen-bond donors (Lipinski definition) is 0. The molecule has 0 aromatic rings. The third kappa shape index (κ3) is 0.637. The highest BCUT2D eigenvalue weighted by Gasteiger charge is 2.45. The second kappa shape index (κ2) is 2.02. The summed E-state index contributed by atoms with van der Waals surface area (Å²) in [5.41, 5.74) is 1.24. The minimum atomic E-state index is 0.00694. The third-order valence-corrected chi connectivity index (χ3v) is 3.55. The first-order chi connectivity index (χ1) is 5.77. The van der Waals surface area contributed by atoms with Crippen molar-refractivity contribution in [2.75, 3.05) is 0 Å². The molecule has 0 N–H and O–H groups in total. The Labute approximate surface area is 79.1 Å². The first-order valence-electron chi connectivity index (χ1n) is 4.17. The van der Waals surface area contributed by atoms with Crippen LogP contribution in [-0.4, -0.2) is 22.8 Å². The number of nitrogens with zero attached hydrogens (tertiary/aromatic N) is 1. The van der Waals surface area contributed by atoms with Crippen molar-refractivity contribution in [3.05, 3.63) is 22.3 Å². The minimum absolute atomic E-state index is 0.00694. The van der Waals surface area contributed by atoms with Crippen LogP contribution in [0.15, 0.2) is 22.3 Å². The van der Waals surface area contributed by atoms with Gasteiger partial charge in [-0.05, 0) is 18.9 Å². The van der Waals surface area contributed by atoms with E-state index in [1.165, 1.54) is 12.1 Å². The number of ketones is 1. The van der Waals surface area contributed by atoms with Gasteiger partial charge < -0.3 is 4.90 Å². The topological polar surface area (TPSA) is 20.3 Å². The summed E-state index contributed by atoms with van der Waals surface area (Å²) in [7, 11) is 0. The molecule has 2 atom stereocenters. The number of rotatable bonds is 0. The van der Waals surface area contributed by atoms with Crippen molar-refractivity contribution in [3.63, 3.8) is 0 Å². The lowest BCUT2D eigenvalue weighted by Gasteiger charge is -2.20. The first kappa shape index (κ1) is 6.89. The van der Waals surface area contributed by atoms with Gasteiger partial charge in [0.05, 0.1) is 0 Å². The molecule has 0 amide bonds. The molecule has 0 aromatic carbocycles. The monoisotopic (exact) mass is 225 g/mol. The van der Waals surface area contributed by atoms with Crippen molar-refractivity contribution in [2.24, 2.45) is 0 Å². The Hall–Kier alpha value is -0.570. The number of carbonyl (C=O) groups is 1. The van der Waals surface area contributed by atoms with Gasteiger partial charge in [-0.2, -0.15) is 0 Å². The molecule has 3 heterocycles. The summed E-state index contributed by atoms with van der Waals surface area (Å²) in [6.07, 6.45) is 6.22. The van der Waals surface area contributed by atoms with Crippen molar-refractivity contribution in [1.82, 2.24) is 4.90 Å². The van der Waals surface area contributed by atoms with Gasteiger partial charge in [0, 0.05) is 22.3 Å². The Morgan fingerprint density at radius 2 is 2.42 bits per heavy atom. The molecule has 0 saturated carbocycles. The molecule has 2 unspecified atom stereocenters. The standard InChI is InChI=1S/C9H8BrNO/c10-7-3-5-1-2-6-4-8(12)9(7)11(5)6/h3-5,9H,1-2H2. The molecule has 62 valence electrons. The largest absolute Gasteiger partial charge is 0.353 e. The molecule has 3 aliphatic rings. The highest BCUT2D eigenvalue weighted by atomic mass is 79.9. The van der Waals surface area contributed by atoms with Crippen LogP contribution in [-0.2, 0) is 4.79 Å². The summed E-state index contributed by atoms with van der Waals surface area (Å²) < 4.78 is 1.06. The summed E-state index contributed by atoms with van der Waals surface area (Å²) in [6.45, 7) is 0. The fraction of sp³-hybridized carbons (Fsp3) is 0.444. The lowest BCUT2D eigenvalue weighted by Crippen LogP contribution is -2.31. The zero-order chi connectivity index (χ0) is 8.29. The third-order valence-electron chi connectivity index (χ3n) is 2.85. The number of allylic oxidation sites excluding steroid dienone is 1. The molecule has 2 nitrogen and oxygen atoms in total. The van der Waals surface area contributed by atoms with Gasteiger partial charge >= 0.3 is 0 Å². The van der Waals surface area contributed by atoms with Gasteiger partial charge in [-0.15, -0.1) is 0 Å². The maximum atomic E-state index is 11.5. The van der Waals surface area contributed by atoms with Gasteiger partial charge in [-0.1, -0.05) is 15.9 Å². The number of halogens is 1. The normalized spacial score (nSPS) is 37.1. The fourth-order valence-corrected chi connectivity index (χ4v) is 3.12. The van der Waals surface area contributed by atoms with E-state index in [1.807, 2.05) is 0 Å². The van der Waals surface area contributed by atoms with E-state index in [0.29, 0.717) is 6.04 Å². The van der Waals surface area contributed by atoms with Crippen LogP contribution in [0, 0.1) is 0 Å². The molecule has 3 rings (SSSR count). The van der Waals surface area contributed by atoms with Gasteiger partial charge in [0.15, 0.2) is 5.78 Å². The van der Waals surface area contributed by atoms with Crippen molar-refractivity contribution >= 4 is 21.7 Å². The average molecular weight is 226 g/mol. The Morgan fingerprint density at radius 1 is 1.58 bits per heavy atom. The molecule has 0 bridgehead atoms. The predicted molar refractivity (Wildman–Crippen MR) is 48.7 cm³/mol. The zero-order valence-electron chi connectivity index (χ0n) is 6.46. The molecule has 0 radical (unpaired) electrons. The van der Waals surface area contributed by atoms with E-state index in [-0.39, 0.29) is 11.8 Å². The van der Waals surface area contributed by atoms with E-state index in [9.17, 15) is 4.79 Å². The second-order valence-corrected chi connectivity index (χ2v) is 4.42. The Kier molecular flexibility index (Phi) is 1.16. The van der Waals surface area contributed by atoms with Crippen molar-refractivity contribution < 1.29 is 4.79 Å². The minimum Gasteiger partial charge on any atom is -0.353 e. The number of hydrogen-bond acceptors (Lipinski definition) is 2. The van der Waals surface area contributed by atoms with E-state index in [4.69, 9.17) is 0 Å². The van der Waals surface area contributed by atoms with Crippen LogP contribution >= 0.6 is 15.9 Å². The lowest BCUT2D eigenvalue weighted by molar-refractivity contribution is -0.116. The molecule has 0 spiro atoms. The molecule has 0 aromatic heterocycles. The highest BCUT2D eigenvalue weighted by Crippen LogP contribution is 2.43. The van der Waals surface area contributed by atoms with E-state index in [2.05, 4.69) is 26.9 Å². The van der Waals surface area contributed by atoms with Crippen LogP contribution in [0.25, 0.3) is 0 Å². The Bertz CT molecular complexity index is 329. The molecule has 3 aliphatic heterocycles. The lowest BCUT2D eigenvalue weighted by atomic mass is 10.2. The van der Waals surface area contributed by atoms with Crippen molar-refractivity contribution in [2.45, 2.75) is 24.9 Å². The van der Waals surface area contributed by atoms with E-state index in [0.717, 1.165) is 10.9 Å². The van der Waals surface area contributed by atoms with Gasteiger partial charge in [0.1, 0.15) is 6.04 Å². The molecule has 1 saturated heterocycles. The van der Waals surface area contributed by atoms with Crippen LogP contribution in [0.3, 0.4) is 0 Å². The average Bonchev–Trinajstić information content (AvgIpc) is 2.57. The van der Waals surface area contributed by atoms with Gasteiger partial charge in [0.2, 0.25) is 0 Å². The van der Waals surface area contributed by atoms with Crippen LogP contribution in [0.2, 0.25) is 0 Å². The predicted octanol–water partition coefficient (Wildman–Crippen LogP) is 1.58. The van der Waals surface area contributed by atoms with E-state index in [1.54, 1.807) is 6.08 Å². The van der Waals surface area contributed by atoms with Gasteiger partial charge in [-0.3, -0.25) is 4.79 Å².